The van der Waals surface area contributed by atoms with Gasteiger partial charge in [0.15, 0.2) is 11.5 Å². The molecule has 1 saturated heterocycles. The number of benzene rings is 2. The maximum absolute atomic E-state index is 13.1. The highest BCUT2D eigenvalue weighted by Crippen LogP contribution is 2.42. The largest absolute Gasteiger partial charge is 0.493 e. The topological polar surface area (TPSA) is 94.7 Å². The van der Waals surface area contributed by atoms with Gasteiger partial charge in [-0.1, -0.05) is 18.2 Å². The molecule has 1 aliphatic rings. The average Bonchev–Trinajstić information content (AvgIpc) is 3.53. The number of rotatable bonds is 7. The van der Waals surface area contributed by atoms with Crippen molar-refractivity contribution in [2.75, 3.05) is 34.5 Å². The lowest BCUT2D eigenvalue weighted by Gasteiger charge is -2.15. The number of para-hydroxylation sites is 1. The van der Waals surface area contributed by atoms with Crippen molar-refractivity contribution in [2.24, 2.45) is 0 Å². The van der Waals surface area contributed by atoms with Gasteiger partial charge in [0.05, 0.1) is 38.6 Å². The second-order valence-electron chi connectivity index (χ2n) is 8.21. The Morgan fingerprint density at radius 1 is 1.09 bits per heavy atom. The molecule has 0 saturated carbocycles. The maximum Gasteiger partial charge on any atom is 0.270 e. The fraction of sp³-hybridized carbons (Fsp3) is 0.308. The standard InChI is InChI=1S/C26H27N3O5/c1-31-21-11-15(12-22(32-2)25(21)33-3)23-24-18(17-8-4-5-9-19(17)28-24)13-20(29-23)26(30)27-14-16-7-6-10-34-16/h4-5,8-9,11-13,16,28H,6-7,10,14H2,1-3H3,(H,27,30)/t16-/m1/s1. The van der Waals surface area contributed by atoms with Crippen LogP contribution in [-0.2, 0) is 4.74 Å². The van der Waals surface area contributed by atoms with E-state index >= 15 is 0 Å². The number of amides is 1. The summed E-state index contributed by atoms with van der Waals surface area (Å²) in [6, 6.07) is 13.5. The zero-order chi connectivity index (χ0) is 23.7. The van der Waals surface area contributed by atoms with Gasteiger partial charge in [0.25, 0.3) is 5.91 Å². The van der Waals surface area contributed by atoms with Crippen molar-refractivity contribution in [3.8, 4) is 28.5 Å². The third-order valence-corrected chi connectivity index (χ3v) is 6.18. The van der Waals surface area contributed by atoms with E-state index in [1.807, 2.05) is 42.5 Å². The third-order valence-electron chi connectivity index (χ3n) is 6.18. The quantitative estimate of drug-likeness (QED) is 0.426. The molecule has 2 aromatic heterocycles. The number of hydrogen-bond donors (Lipinski definition) is 2. The van der Waals surface area contributed by atoms with Gasteiger partial charge in [0.1, 0.15) is 5.69 Å². The van der Waals surface area contributed by atoms with Crippen LogP contribution in [0.5, 0.6) is 17.2 Å². The smallest absolute Gasteiger partial charge is 0.270 e. The lowest BCUT2D eigenvalue weighted by atomic mass is 10.0. The number of carbonyl (C=O) groups excluding carboxylic acids is 1. The second kappa shape index (κ2) is 9.23. The predicted molar refractivity (Wildman–Crippen MR) is 130 cm³/mol. The van der Waals surface area contributed by atoms with E-state index in [2.05, 4.69) is 10.3 Å². The van der Waals surface area contributed by atoms with E-state index in [1.54, 1.807) is 21.3 Å². The summed E-state index contributed by atoms with van der Waals surface area (Å²) in [5.74, 6) is 1.27. The van der Waals surface area contributed by atoms with Gasteiger partial charge in [0, 0.05) is 35.0 Å². The summed E-state index contributed by atoms with van der Waals surface area (Å²) in [5, 5.41) is 4.91. The van der Waals surface area contributed by atoms with E-state index in [4.69, 9.17) is 23.9 Å². The molecule has 176 valence electrons. The fourth-order valence-electron chi connectivity index (χ4n) is 4.49. The first-order chi connectivity index (χ1) is 16.6. The van der Waals surface area contributed by atoms with Gasteiger partial charge >= 0.3 is 0 Å². The number of aromatic amines is 1. The minimum atomic E-state index is -0.239. The van der Waals surface area contributed by atoms with Crippen LogP contribution in [0, 0.1) is 0 Å². The number of pyridine rings is 1. The summed E-state index contributed by atoms with van der Waals surface area (Å²) in [6.45, 7) is 1.21. The van der Waals surface area contributed by atoms with Crippen LogP contribution in [0.4, 0.5) is 0 Å². The maximum atomic E-state index is 13.1. The van der Waals surface area contributed by atoms with Crippen LogP contribution >= 0.6 is 0 Å². The van der Waals surface area contributed by atoms with Gasteiger partial charge < -0.3 is 29.2 Å². The van der Waals surface area contributed by atoms with Gasteiger partial charge in [-0.3, -0.25) is 4.79 Å². The summed E-state index contributed by atoms with van der Waals surface area (Å²) in [4.78, 5) is 21.4. The molecule has 1 aliphatic heterocycles. The summed E-state index contributed by atoms with van der Waals surface area (Å²) in [5.41, 5.74) is 3.48. The van der Waals surface area contributed by atoms with Gasteiger partial charge in [-0.05, 0) is 37.1 Å². The van der Waals surface area contributed by atoms with Crippen LogP contribution in [-0.4, -0.2) is 56.5 Å². The number of nitrogens with one attached hydrogen (secondary N) is 2. The van der Waals surface area contributed by atoms with Crippen LogP contribution in [0.2, 0.25) is 0 Å². The summed E-state index contributed by atoms with van der Waals surface area (Å²) in [6.07, 6.45) is 2.02. The van der Waals surface area contributed by atoms with Gasteiger partial charge in [0.2, 0.25) is 5.75 Å². The molecule has 2 aromatic carbocycles. The highest BCUT2D eigenvalue weighted by Gasteiger charge is 2.22. The van der Waals surface area contributed by atoms with E-state index in [-0.39, 0.29) is 12.0 Å². The van der Waals surface area contributed by atoms with E-state index in [1.165, 1.54) is 0 Å². The molecule has 0 aliphatic carbocycles. The molecule has 0 radical (unpaired) electrons. The Kier molecular flexibility index (Phi) is 5.98. The van der Waals surface area contributed by atoms with Crippen molar-refractivity contribution in [3.05, 3.63) is 48.2 Å². The Labute approximate surface area is 197 Å². The van der Waals surface area contributed by atoms with E-state index < -0.39 is 0 Å². The third kappa shape index (κ3) is 3.90. The number of aromatic nitrogens is 2. The van der Waals surface area contributed by atoms with Crippen molar-refractivity contribution >= 4 is 27.7 Å². The fourth-order valence-corrected chi connectivity index (χ4v) is 4.49. The highest BCUT2D eigenvalue weighted by atomic mass is 16.5. The SMILES string of the molecule is COc1cc(-c2nc(C(=O)NC[C@H]3CCCO3)cc3c2[nH]c2ccccc23)cc(OC)c1OC. The van der Waals surface area contributed by atoms with E-state index in [9.17, 15) is 4.79 Å². The lowest BCUT2D eigenvalue weighted by Crippen LogP contribution is -2.32. The number of carbonyl (C=O) groups is 1. The van der Waals surface area contributed by atoms with Crippen molar-refractivity contribution in [1.82, 2.24) is 15.3 Å². The Bertz CT molecular complexity index is 1330. The van der Waals surface area contributed by atoms with Crippen molar-refractivity contribution in [3.63, 3.8) is 0 Å². The molecule has 1 amide bonds. The van der Waals surface area contributed by atoms with Crippen LogP contribution in [0.15, 0.2) is 42.5 Å². The van der Waals surface area contributed by atoms with Crippen LogP contribution < -0.4 is 19.5 Å². The predicted octanol–water partition coefficient (Wildman–Crippen LogP) is 4.32. The Morgan fingerprint density at radius 2 is 1.85 bits per heavy atom. The minimum Gasteiger partial charge on any atom is -0.493 e. The molecule has 1 atom stereocenters. The number of ether oxygens (including phenoxy) is 4. The van der Waals surface area contributed by atoms with Crippen molar-refractivity contribution in [2.45, 2.75) is 18.9 Å². The number of fused-ring (bicyclic) bond motifs is 3. The Morgan fingerprint density at radius 3 is 2.53 bits per heavy atom. The number of H-pyrrole nitrogens is 1. The van der Waals surface area contributed by atoms with Crippen LogP contribution in [0.25, 0.3) is 33.1 Å². The molecule has 0 unspecified atom stereocenters. The van der Waals surface area contributed by atoms with Crippen molar-refractivity contribution < 1.29 is 23.7 Å². The van der Waals surface area contributed by atoms with Gasteiger partial charge in [-0.2, -0.15) is 0 Å². The van der Waals surface area contributed by atoms with E-state index in [0.29, 0.717) is 35.2 Å². The highest BCUT2D eigenvalue weighted by molar-refractivity contribution is 6.13. The normalized spacial score (nSPS) is 15.6. The van der Waals surface area contributed by atoms with Gasteiger partial charge in [-0.25, -0.2) is 4.98 Å². The molecular formula is C26H27N3O5. The average molecular weight is 462 g/mol. The minimum absolute atomic E-state index is 0.0513. The molecular weight excluding hydrogens is 434 g/mol. The zero-order valence-corrected chi connectivity index (χ0v) is 19.4. The first-order valence-electron chi connectivity index (χ1n) is 11.2. The van der Waals surface area contributed by atoms with E-state index in [0.717, 1.165) is 46.8 Å². The zero-order valence-electron chi connectivity index (χ0n) is 19.4. The number of hydrogen-bond acceptors (Lipinski definition) is 6. The summed E-state index contributed by atoms with van der Waals surface area (Å²) >= 11 is 0. The van der Waals surface area contributed by atoms with Crippen LogP contribution in [0.1, 0.15) is 23.3 Å². The molecule has 0 spiro atoms. The summed E-state index contributed by atoms with van der Waals surface area (Å²) in [7, 11) is 4.71. The molecule has 8 nitrogen and oxygen atoms in total. The molecule has 5 rings (SSSR count). The molecule has 0 bridgehead atoms. The summed E-state index contributed by atoms with van der Waals surface area (Å²) < 4.78 is 22.2. The first-order valence-corrected chi connectivity index (χ1v) is 11.2. The Balaban J connectivity index is 1.66. The van der Waals surface area contributed by atoms with Crippen LogP contribution in [0.3, 0.4) is 0 Å². The first kappa shape index (κ1) is 22.0. The molecule has 8 heteroatoms. The molecule has 34 heavy (non-hydrogen) atoms. The second-order valence-corrected chi connectivity index (χ2v) is 8.21. The monoisotopic (exact) mass is 461 g/mol. The molecule has 1 fully saturated rings. The molecule has 3 heterocycles. The number of nitrogens with zero attached hydrogens (tertiary/aromatic N) is 1. The van der Waals surface area contributed by atoms with Crippen molar-refractivity contribution in [1.29, 1.82) is 0 Å². The molecule has 4 aromatic rings. The number of methoxy groups -OCH3 is 3. The lowest BCUT2D eigenvalue weighted by molar-refractivity contribution is 0.0854. The van der Waals surface area contributed by atoms with Gasteiger partial charge in [-0.15, -0.1) is 0 Å². The molecule has 2 N–H and O–H groups in total. The Hall–Kier alpha value is -3.78.